The third-order valence-electron chi connectivity index (χ3n) is 3.71. The molecule has 0 saturated heterocycles. The highest BCUT2D eigenvalue weighted by Crippen LogP contribution is 2.37. The molecule has 0 bridgehead atoms. The number of benzene rings is 2. The number of nitrogens with zero attached hydrogens (tertiary/aromatic N) is 1. The van der Waals surface area contributed by atoms with Gasteiger partial charge in [-0.05, 0) is 30.2 Å². The molecule has 2 aromatic carbocycles. The van der Waals surface area contributed by atoms with E-state index in [0.717, 1.165) is 18.2 Å². The molecule has 0 atom stereocenters. The average Bonchev–Trinajstić information content (AvgIpc) is 2.60. The minimum atomic E-state index is -5.00. The van der Waals surface area contributed by atoms with Gasteiger partial charge in [0.2, 0.25) is 0 Å². The van der Waals surface area contributed by atoms with Gasteiger partial charge in [0.05, 0.1) is 10.5 Å². The highest BCUT2D eigenvalue weighted by atomic mass is 19.4. The average molecular weight is 421 g/mol. The Balaban J connectivity index is 1.99. The van der Waals surface area contributed by atoms with E-state index in [1.165, 1.54) is 12.1 Å². The van der Waals surface area contributed by atoms with Crippen molar-refractivity contribution in [3.8, 4) is 0 Å². The number of anilines is 1. The first-order valence-electron chi connectivity index (χ1n) is 7.94. The lowest BCUT2D eigenvalue weighted by Gasteiger charge is -2.12. The van der Waals surface area contributed by atoms with Crippen LogP contribution in [0.25, 0.3) is 0 Å². The summed E-state index contributed by atoms with van der Waals surface area (Å²) in [6, 6.07) is 5.51. The molecule has 0 aliphatic carbocycles. The normalized spacial score (nSPS) is 11.8. The minimum Gasteiger partial charge on any atom is -0.338 e. The molecule has 0 aliphatic rings. The largest absolute Gasteiger partial charge is 0.423 e. The lowest BCUT2D eigenvalue weighted by Crippen LogP contribution is -2.30. The number of carbonyl (C=O) groups is 1. The van der Waals surface area contributed by atoms with Crippen LogP contribution in [0.1, 0.15) is 16.7 Å². The van der Waals surface area contributed by atoms with Crippen LogP contribution in [0.2, 0.25) is 0 Å². The van der Waals surface area contributed by atoms with Gasteiger partial charge in [-0.2, -0.15) is 26.3 Å². The van der Waals surface area contributed by atoms with Gasteiger partial charge in [0.1, 0.15) is 5.56 Å². The zero-order valence-electron chi connectivity index (χ0n) is 14.4. The zero-order valence-corrected chi connectivity index (χ0v) is 14.4. The molecule has 2 rings (SSSR count). The molecule has 0 spiro atoms. The van der Waals surface area contributed by atoms with Crippen molar-refractivity contribution in [1.82, 2.24) is 5.32 Å². The fourth-order valence-electron chi connectivity index (χ4n) is 2.40. The van der Waals surface area contributed by atoms with E-state index in [4.69, 9.17) is 0 Å². The van der Waals surface area contributed by atoms with Crippen LogP contribution in [0, 0.1) is 10.1 Å². The number of alkyl halides is 6. The molecule has 0 heterocycles. The van der Waals surface area contributed by atoms with E-state index in [1.807, 2.05) is 0 Å². The third-order valence-corrected chi connectivity index (χ3v) is 3.71. The second kappa shape index (κ2) is 8.37. The van der Waals surface area contributed by atoms with Gasteiger partial charge in [0, 0.05) is 18.3 Å². The number of nitro benzene ring substituents is 1. The van der Waals surface area contributed by atoms with Crippen LogP contribution in [-0.4, -0.2) is 17.5 Å². The van der Waals surface area contributed by atoms with E-state index in [1.54, 1.807) is 0 Å². The SMILES string of the molecule is O=C(NCCc1cccc(C(F)(F)F)c1)Nc1ccc([N+](=O)[O-])c(C(F)(F)F)c1. The second-order valence-corrected chi connectivity index (χ2v) is 5.82. The summed E-state index contributed by atoms with van der Waals surface area (Å²) in [5.74, 6) is 0. The van der Waals surface area contributed by atoms with Crippen LogP contribution in [-0.2, 0) is 18.8 Å². The summed E-state index contributed by atoms with van der Waals surface area (Å²) in [5.41, 5.74) is -3.56. The Morgan fingerprint density at radius 1 is 1.00 bits per heavy atom. The molecule has 6 nitrogen and oxygen atoms in total. The van der Waals surface area contributed by atoms with Crippen molar-refractivity contribution >= 4 is 17.4 Å². The number of nitrogens with one attached hydrogen (secondary N) is 2. The highest BCUT2D eigenvalue weighted by Gasteiger charge is 2.38. The molecule has 0 radical (unpaired) electrons. The second-order valence-electron chi connectivity index (χ2n) is 5.82. The fraction of sp³-hybridized carbons (Fsp3) is 0.235. The Morgan fingerprint density at radius 2 is 1.69 bits per heavy atom. The summed E-state index contributed by atoms with van der Waals surface area (Å²) in [4.78, 5) is 21.3. The number of halogens is 6. The molecule has 29 heavy (non-hydrogen) atoms. The van der Waals surface area contributed by atoms with Gasteiger partial charge < -0.3 is 10.6 Å². The van der Waals surface area contributed by atoms with Crippen molar-refractivity contribution in [2.45, 2.75) is 18.8 Å². The lowest BCUT2D eigenvalue weighted by atomic mass is 10.1. The summed E-state index contributed by atoms with van der Waals surface area (Å²) in [5, 5.41) is 15.1. The molecular formula is C17H13F6N3O3. The molecule has 0 unspecified atom stereocenters. The first-order valence-corrected chi connectivity index (χ1v) is 7.94. The number of rotatable bonds is 5. The lowest BCUT2D eigenvalue weighted by molar-refractivity contribution is -0.388. The van der Waals surface area contributed by atoms with E-state index in [9.17, 15) is 41.3 Å². The van der Waals surface area contributed by atoms with Crippen LogP contribution >= 0.6 is 0 Å². The van der Waals surface area contributed by atoms with E-state index in [2.05, 4.69) is 10.6 Å². The summed E-state index contributed by atoms with van der Waals surface area (Å²) in [7, 11) is 0. The number of amides is 2. The molecule has 12 heteroatoms. The van der Waals surface area contributed by atoms with E-state index in [0.29, 0.717) is 17.7 Å². The van der Waals surface area contributed by atoms with Gasteiger partial charge in [-0.15, -0.1) is 0 Å². The highest BCUT2D eigenvalue weighted by molar-refractivity contribution is 5.89. The molecule has 0 aromatic heterocycles. The summed E-state index contributed by atoms with van der Waals surface area (Å²) >= 11 is 0. The Hall–Kier alpha value is -3.31. The Morgan fingerprint density at radius 3 is 2.28 bits per heavy atom. The van der Waals surface area contributed by atoms with Gasteiger partial charge in [-0.3, -0.25) is 10.1 Å². The Bertz CT molecular complexity index is 912. The van der Waals surface area contributed by atoms with Crippen LogP contribution < -0.4 is 10.6 Å². The van der Waals surface area contributed by atoms with Crippen molar-refractivity contribution < 1.29 is 36.1 Å². The number of hydrogen-bond donors (Lipinski definition) is 2. The number of hydrogen-bond acceptors (Lipinski definition) is 3. The quantitative estimate of drug-likeness (QED) is 0.405. The topological polar surface area (TPSA) is 84.3 Å². The molecule has 0 fully saturated rings. The molecule has 156 valence electrons. The smallest absolute Gasteiger partial charge is 0.338 e. The predicted octanol–water partition coefficient (Wildman–Crippen LogP) is 5.00. The van der Waals surface area contributed by atoms with Crippen molar-refractivity contribution in [3.63, 3.8) is 0 Å². The first-order chi connectivity index (χ1) is 13.4. The summed E-state index contributed by atoms with van der Waals surface area (Å²) < 4.78 is 76.7. The molecule has 0 saturated carbocycles. The van der Waals surface area contributed by atoms with Crippen LogP contribution in [0.15, 0.2) is 42.5 Å². The molecule has 2 N–H and O–H groups in total. The van der Waals surface area contributed by atoms with E-state index < -0.39 is 40.1 Å². The maximum atomic E-state index is 12.9. The summed E-state index contributed by atoms with van der Waals surface area (Å²) in [6.45, 7) is -0.0910. The number of nitro groups is 1. The zero-order chi connectivity index (χ0) is 21.8. The molecular weight excluding hydrogens is 408 g/mol. The molecule has 2 aromatic rings. The third kappa shape index (κ3) is 6.09. The maximum Gasteiger partial charge on any atom is 0.423 e. The first kappa shape index (κ1) is 22.0. The molecule has 0 aliphatic heterocycles. The van der Waals surface area contributed by atoms with Crippen LogP contribution in [0.4, 0.5) is 42.5 Å². The predicted molar refractivity (Wildman–Crippen MR) is 90.3 cm³/mol. The fourth-order valence-corrected chi connectivity index (χ4v) is 2.40. The van der Waals surface area contributed by atoms with Gasteiger partial charge in [0.15, 0.2) is 0 Å². The van der Waals surface area contributed by atoms with Crippen molar-refractivity contribution in [1.29, 1.82) is 0 Å². The van der Waals surface area contributed by atoms with Crippen LogP contribution in [0.3, 0.4) is 0 Å². The van der Waals surface area contributed by atoms with Gasteiger partial charge in [-0.25, -0.2) is 4.79 Å². The van der Waals surface area contributed by atoms with Gasteiger partial charge in [0.25, 0.3) is 5.69 Å². The molecule has 2 amide bonds. The van der Waals surface area contributed by atoms with E-state index in [-0.39, 0.29) is 18.7 Å². The summed E-state index contributed by atoms with van der Waals surface area (Å²) in [6.07, 6.45) is -9.46. The standard InChI is InChI=1S/C17H13F6N3O3/c18-16(19,20)11-3-1-2-10(8-11)6-7-24-15(27)25-12-4-5-14(26(28)29)13(9-12)17(21,22)23/h1-5,8-9H,6-7H2,(H2,24,25,27). The minimum absolute atomic E-state index is 0.0470. The van der Waals surface area contributed by atoms with Crippen molar-refractivity contribution in [2.24, 2.45) is 0 Å². The Labute approximate surface area is 159 Å². The maximum absolute atomic E-state index is 12.9. The number of urea groups is 1. The van der Waals surface area contributed by atoms with Crippen molar-refractivity contribution in [2.75, 3.05) is 11.9 Å². The van der Waals surface area contributed by atoms with Crippen molar-refractivity contribution in [3.05, 3.63) is 69.3 Å². The van der Waals surface area contributed by atoms with E-state index >= 15 is 0 Å². The van der Waals surface area contributed by atoms with Gasteiger partial charge >= 0.3 is 18.4 Å². The number of carbonyl (C=O) groups excluding carboxylic acids is 1. The van der Waals surface area contributed by atoms with Crippen LogP contribution in [0.5, 0.6) is 0 Å². The Kier molecular flexibility index (Phi) is 6.34. The monoisotopic (exact) mass is 421 g/mol. The van der Waals surface area contributed by atoms with Gasteiger partial charge in [-0.1, -0.05) is 18.2 Å².